The molecular weight excluding hydrogens is 238 g/mol. The summed E-state index contributed by atoms with van der Waals surface area (Å²) in [5, 5.41) is 3.55. The van der Waals surface area contributed by atoms with Gasteiger partial charge in [0.1, 0.15) is 0 Å². The summed E-state index contributed by atoms with van der Waals surface area (Å²) in [5.74, 6) is 0.356. The van der Waals surface area contributed by atoms with Crippen LogP contribution >= 0.6 is 0 Å². The average molecular weight is 267 g/mol. The Kier molecular flexibility index (Phi) is 5.22. The molecule has 0 spiro atoms. The summed E-state index contributed by atoms with van der Waals surface area (Å²) < 4.78 is 0. The molecule has 0 aliphatic carbocycles. The lowest BCUT2D eigenvalue weighted by Crippen LogP contribution is -2.49. The number of piperidine rings is 1. The molecule has 4 heteroatoms. The van der Waals surface area contributed by atoms with Crippen molar-refractivity contribution >= 4 is 5.91 Å². The first-order valence-electron chi connectivity index (χ1n) is 7.94. The quantitative estimate of drug-likeness (QED) is 0.825. The fraction of sp³-hybridized carbons (Fsp3) is 0.933. The van der Waals surface area contributed by atoms with Crippen LogP contribution in [0.5, 0.6) is 0 Å². The standard InChI is InChI=1S/C15H29N3O/c1-4-6-7-13-15(19)18(14(5-2)16-13)12-8-10-17(3)11-9-12/h12-14,16H,4-11H2,1-3H3. The lowest BCUT2D eigenvalue weighted by molar-refractivity contribution is -0.133. The Bertz CT molecular complexity index is 300. The third kappa shape index (κ3) is 3.29. The van der Waals surface area contributed by atoms with Gasteiger partial charge in [0.25, 0.3) is 0 Å². The lowest BCUT2D eigenvalue weighted by atomic mass is 10.0. The zero-order valence-corrected chi connectivity index (χ0v) is 12.7. The highest BCUT2D eigenvalue weighted by molar-refractivity contribution is 5.84. The van der Waals surface area contributed by atoms with Gasteiger partial charge in [-0.25, -0.2) is 0 Å². The van der Waals surface area contributed by atoms with Gasteiger partial charge in [0, 0.05) is 6.04 Å². The largest absolute Gasteiger partial charge is 0.323 e. The van der Waals surface area contributed by atoms with Crippen molar-refractivity contribution in [3.8, 4) is 0 Å². The molecule has 2 heterocycles. The van der Waals surface area contributed by atoms with E-state index in [0.717, 1.165) is 51.6 Å². The van der Waals surface area contributed by atoms with Gasteiger partial charge in [-0.2, -0.15) is 0 Å². The van der Waals surface area contributed by atoms with Crippen LogP contribution in [-0.2, 0) is 4.79 Å². The summed E-state index contributed by atoms with van der Waals surface area (Å²) in [6.45, 7) is 6.59. The van der Waals surface area contributed by atoms with Crippen LogP contribution in [-0.4, -0.2) is 54.1 Å². The van der Waals surface area contributed by atoms with Gasteiger partial charge < -0.3 is 9.80 Å². The van der Waals surface area contributed by atoms with Crippen molar-refractivity contribution in [1.82, 2.24) is 15.1 Å². The second-order valence-electron chi connectivity index (χ2n) is 6.07. The lowest BCUT2D eigenvalue weighted by Gasteiger charge is -2.37. The van der Waals surface area contributed by atoms with E-state index in [1.54, 1.807) is 0 Å². The number of amides is 1. The minimum Gasteiger partial charge on any atom is -0.323 e. The highest BCUT2D eigenvalue weighted by atomic mass is 16.2. The molecule has 1 N–H and O–H groups in total. The van der Waals surface area contributed by atoms with E-state index in [9.17, 15) is 4.79 Å². The number of hydrogen-bond donors (Lipinski definition) is 1. The molecule has 2 aliphatic rings. The number of carbonyl (C=O) groups excluding carboxylic acids is 1. The fourth-order valence-electron chi connectivity index (χ4n) is 3.35. The molecule has 0 saturated carbocycles. The second-order valence-corrected chi connectivity index (χ2v) is 6.07. The molecule has 2 rings (SSSR count). The van der Waals surface area contributed by atoms with Crippen LogP contribution in [0, 0.1) is 0 Å². The van der Waals surface area contributed by atoms with Crippen molar-refractivity contribution in [2.24, 2.45) is 0 Å². The first-order valence-corrected chi connectivity index (χ1v) is 7.94. The van der Waals surface area contributed by atoms with Gasteiger partial charge in [0.2, 0.25) is 5.91 Å². The van der Waals surface area contributed by atoms with Gasteiger partial charge in [-0.15, -0.1) is 0 Å². The summed E-state index contributed by atoms with van der Waals surface area (Å²) in [6.07, 6.45) is 6.83. The normalized spacial score (nSPS) is 30.3. The first-order chi connectivity index (χ1) is 9.17. The van der Waals surface area contributed by atoms with E-state index < -0.39 is 0 Å². The molecule has 4 nitrogen and oxygen atoms in total. The van der Waals surface area contributed by atoms with Gasteiger partial charge in [-0.3, -0.25) is 10.1 Å². The Morgan fingerprint density at radius 1 is 1.26 bits per heavy atom. The van der Waals surface area contributed by atoms with Crippen molar-refractivity contribution in [2.45, 2.75) is 70.6 Å². The maximum absolute atomic E-state index is 12.6. The number of likely N-dealkylation sites (tertiary alicyclic amines) is 1. The van der Waals surface area contributed by atoms with Crippen LogP contribution < -0.4 is 5.32 Å². The zero-order valence-electron chi connectivity index (χ0n) is 12.7. The van der Waals surface area contributed by atoms with Gasteiger partial charge in [-0.05, 0) is 45.8 Å². The molecule has 2 aliphatic heterocycles. The number of carbonyl (C=O) groups is 1. The van der Waals surface area contributed by atoms with Crippen molar-refractivity contribution in [3.63, 3.8) is 0 Å². The zero-order chi connectivity index (χ0) is 13.8. The Balaban J connectivity index is 1.99. The number of hydrogen-bond acceptors (Lipinski definition) is 3. The first kappa shape index (κ1) is 14.8. The SMILES string of the molecule is CCCCC1NC(CC)N(C2CCN(C)CC2)C1=O. The Morgan fingerprint density at radius 3 is 2.53 bits per heavy atom. The van der Waals surface area contributed by atoms with Crippen LogP contribution in [0.15, 0.2) is 0 Å². The molecule has 19 heavy (non-hydrogen) atoms. The molecule has 2 atom stereocenters. The number of nitrogens with zero attached hydrogens (tertiary/aromatic N) is 2. The summed E-state index contributed by atoms with van der Waals surface area (Å²) in [6, 6.07) is 0.525. The summed E-state index contributed by atoms with van der Waals surface area (Å²) >= 11 is 0. The van der Waals surface area contributed by atoms with Crippen LogP contribution in [0.1, 0.15) is 52.4 Å². The molecular formula is C15H29N3O. The van der Waals surface area contributed by atoms with E-state index in [2.05, 4.69) is 36.0 Å². The van der Waals surface area contributed by atoms with Gasteiger partial charge in [0.15, 0.2) is 0 Å². The van der Waals surface area contributed by atoms with Crippen LogP contribution in [0.2, 0.25) is 0 Å². The molecule has 0 aromatic rings. The average Bonchev–Trinajstić information content (AvgIpc) is 2.74. The maximum Gasteiger partial charge on any atom is 0.241 e. The van der Waals surface area contributed by atoms with Crippen molar-refractivity contribution in [1.29, 1.82) is 0 Å². The smallest absolute Gasteiger partial charge is 0.241 e. The molecule has 0 aromatic heterocycles. The molecule has 110 valence electrons. The third-order valence-corrected chi connectivity index (χ3v) is 4.60. The Labute approximate surface area is 117 Å². The predicted octanol–water partition coefficient (Wildman–Crippen LogP) is 1.81. The van der Waals surface area contributed by atoms with Crippen LogP contribution in [0.25, 0.3) is 0 Å². The summed E-state index contributed by atoms with van der Waals surface area (Å²) in [7, 11) is 2.17. The van der Waals surface area contributed by atoms with E-state index >= 15 is 0 Å². The Morgan fingerprint density at radius 2 is 1.95 bits per heavy atom. The minimum atomic E-state index is 0.0737. The van der Waals surface area contributed by atoms with Gasteiger partial charge >= 0.3 is 0 Å². The molecule has 0 aromatic carbocycles. The van der Waals surface area contributed by atoms with Crippen molar-refractivity contribution in [3.05, 3.63) is 0 Å². The van der Waals surface area contributed by atoms with Gasteiger partial charge in [0.05, 0.1) is 12.2 Å². The molecule has 0 bridgehead atoms. The number of nitrogens with one attached hydrogen (secondary N) is 1. The minimum absolute atomic E-state index is 0.0737. The van der Waals surface area contributed by atoms with E-state index in [1.165, 1.54) is 0 Å². The second kappa shape index (κ2) is 6.71. The van der Waals surface area contributed by atoms with Crippen LogP contribution in [0.4, 0.5) is 0 Å². The topological polar surface area (TPSA) is 35.6 Å². The van der Waals surface area contributed by atoms with E-state index in [1.807, 2.05) is 0 Å². The predicted molar refractivity (Wildman–Crippen MR) is 77.9 cm³/mol. The molecule has 2 saturated heterocycles. The highest BCUT2D eigenvalue weighted by Crippen LogP contribution is 2.25. The highest BCUT2D eigenvalue weighted by Gasteiger charge is 2.41. The van der Waals surface area contributed by atoms with Crippen molar-refractivity contribution < 1.29 is 4.79 Å². The van der Waals surface area contributed by atoms with E-state index in [-0.39, 0.29) is 12.2 Å². The van der Waals surface area contributed by atoms with Gasteiger partial charge in [-0.1, -0.05) is 26.7 Å². The monoisotopic (exact) mass is 267 g/mol. The summed E-state index contributed by atoms with van der Waals surface area (Å²) in [5.41, 5.74) is 0. The van der Waals surface area contributed by atoms with Crippen molar-refractivity contribution in [2.75, 3.05) is 20.1 Å². The van der Waals surface area contributed by atoms with Crippen LogP contribution in [0.3, 0.4) is 0 Å². The summed E-state index contributed by atoms with van der Waals surface area (Å²) in [4.78, 5) is 17.1. The van der Waals surface area contributed by atoms with E-state index in [4.69, 9.17) is 0 Å². The Hall–Kier alpha value is -0.610. The number of unbranched alkanes of at least 4 members (excludes halogenated alkanes) is 1. The maximum atomic E-state index is 12.6. The molecule has 2 unspecified atom stereocenters. The number of rotatable bonds is 5. The molecule has 0 radical (unpaired) electrons. The fourth-order valence-corrected chi connectivity index (χ4v) is 3.35. The van der Waals surface area contributed by atoms with E-state index in [0.29, 0.717) is 11.9 Å². The molecule has 2 fully saturated rings. The molecule has 1 amide bonds. The third-order valence-electron chi connectivity index (χ3n) is 4.60.